The predicted molar refractivity (Wildman–Crippen MR) is 80.6 cm³/mol. The first-order valence-electron chi connectivity index (χ1n) is 7.32. The Hall–Kier alpha value is -0.640. The molecule has 1 saturated carbocycles. The minimum atomic E-state index is -0.261. The van der Waals surface area contributed by atoms with Gasteiger partial charge in [0.1, 0.15) is 5.82 Å². The van der Waals surface area contributed by atoms with Gasteiger partial charge in [-0.2, -0.15) is 0 Å². The van der Waals surface area contributed by atoms with Gasteiger partial charge in [0.2, 0.25) is 0 Å². The van der Waals surface area contributed by atoms with Crippen LogP contribution in [0.1, 0.15) is 43.7 Å². The highest BCUT2D eigenvalue weighted by atomic mass is 35.5. The van der Waals surface area contributed by atoms with Crippen molar-refractivity contribution in [3.8, 4) is 0 Å². The highest BCUT2D eigenvalue weighted by Gasteiger charge is 2.32. The van der Waals surface area contributed by atoms with Gasteiger partial charge in [-0.1, -0.05) is 30.9 Å². The van der Waals surface area contributed by atoms with Crippen molar-refractivity contribution in [2.75, 3.05) is 14.2 Å². The maximum atomic E-state index is 13.5. The first-order valence-corrected chi connectivity index (χ1v) is 7.70. The summed E-state index contributed by atoms with van der Waals surface area (Å²) in [5, 5.41) is 3.85. The van der Waals surface area contributed by atoms with Gasteiger partial charge in [0, 0.05) is 12.1 Å². The zero-order chi connectivity index (χ0) is 14.5. The van der Waals surface area contributed by atoms with Crippen LogP contribution in [-0.4, -0.2) is 20.3 Å². The molecule has 2 rings (SSSR count). The van der Waals surface area contributed by atoms with Crippen LogP contribution in [0.4, 0.5) is 4.39 Å². The minimum absolute atomic E-state index is 0.0274. The van der Waals surface area contributed by atoms with Crippen LogP contribution < -0.4 is 5.32 Å². The zero-order valence-electron chi connectivity index (χ0n) is 12.2. The van der Waals surface area contributed by atoms with Crippen LogP contribution in [0.3, 0.4) is 0 Å². The van der Waals surface area contributed by atoms with Gasteiger partial charge < -0.3 is 10.1 Å². The number of hydrogen-bond acceptors (Lipinski definition) is 2. The van der Waals surface area contributed by atoms with E-state index in [2.05, 4.69) is 5.32 Å². The number of rotatable bonds is 5. The second-order valence-electron chi connectivity index (χ2n) is 5.53. The van der Waals surface area contributed by atoms with Gasteiger partial charge >= 0.3 is 0 Å². The molecule has 1 aliphatic rings. The van der Waals surface area contributed by atoms with Crippen LogP contribution in [0.5, 0.6) is 0 Å². The second-order valence-corrected chi connectivity index (χ2v) is 5.94. The summed E-state index contributed by atoms with van der Waals surface area (Å²) >= 11 is 6.25. The fourth-order valence-electron chi connectivity index (χ4n) is 3.31. The van der Waals surface area contributed by atoms with E-state index in [0.29, 0.717) is 10.9 Å². The van der Waals surface area contributed by atoms with Crippen molar-refractivity contribution >= 4 is 11.6 Å². The molecule has 0 bridgehead atoms. The molecule has 1 aliphatic carbocycles. The summed E-state index contributed by atoms with van der Waals surface area (Å²) in [4.78, 5) is 0. The molecule has 0 amide bonds. The Morgan fingerprint density at radius 3 is 2.60 bits per heavy atom. The minimum Gasteiger partial charge on any atom is -0.379 e. The second kappa shape index (κ2) is 7.39. The van der Waals surface area contributed by atoms with Crippen LogP contribution in [0, 0.1) is 11.7 Å². The van der Waals surface area contributed by atoms with Gasteiger partial charge in [-0.3, -0.25) is 0 Å². The van der Waals surface area contributed by atoms with Crippen LogP contribution in [-0.2, 0) is 4.74 Å². The lowest BCUT2D eigenvalue weighted by Crippen LogP contribution is -2.38. The zero-order valence-corrected chi connectivity index (χ0v) is 12.9. The fraction of sp³-hybridized carbons (Fsp3) is 0.625. The van der Waals surface area contributed by atoms with Gasteiger partial charge in [-0.25, -0.2) is 4.39 Å². The number of likely N-dealkylation sites (N-methyl/N-ethyl adjacent to an activating group) is 1. The van der Waals surface area contributed by atoms with E-state index >= 15 is 0 Å². The van der Waals surface area contributed by atoms with Crippen molar-refractivity contribution in [1.82, 2.24) is 5.32 Å². The van der Waals surface area contributed by atoms with Crippen molar-refractivity contribution in [3.05, 3.63) is 34.6 Å². The third kappa shape index (κ3) is 3.51. The van der Waals surface area contributed by atoms with Crippen molar-refractivity contribution in [2.45, 2.75) is 44.2 Å². The fourth-order valence-corrected chi connectivity index (χ4v) is 3.55. The van der Waals surface area contributed by atoms with E-state index in [-0.39, 0.29) is 18.0 Å². The van der Waals surface area contributed by atoms with Gasteiger partial charge in [0.15, 0.2) is 0 Å². The number of nitrogens with one attached hydrogen (secondary N) is 1. The number of ether oxygens (including phenoxy) is 1. The highest BCUT2D eigenvalue weighted by Crippen LogP contribution is 2.36. The molecule has 1 aromatic carbocycles. The largest absolute Gasteiger partial charge is 0.379 e. The molecule has 0 heterocycles. The quantitative estimate of drug-likeness (QED) is 0.873. The Kier molecular flexibility index (Phi) is 5.82. The molecule has 0 radical (unpaired) electrons. The van der Waals surface area contributed by atoms with Crippen molar-refractivity contribution in [2.24, 2.45) is 5.92 Å². The molecule has 0 spiro atoms. The van der Waals surface area contributed by atoms with E-state index in [1.807, 2.05) is 7.05 Å². The Bertz CT molecular complexity index is 434. The normalized spacial score (nSPS) is 19.8. The first-order chi connectivity index (χ1) is 9.67. The molecule has 1 fully saturated rings. The molecule has 4 heteroatoms. The third-order valence-electron chi connectivity index (χ3n) is 4.32. The van der Waals surface area contributed by atoms with Gasteiger partial charge in [0.05, 0.1) is 12.1 Å². The molecular weight excluding hydrogens is 277 g/mol. The Morgan fingerprint density at radius 2 is 2.00 bits per heavy atom. The smallest absolute Gasteiger partial charge is 0.123 e. The van der Waals surface area contributed by atoms with Crippen LogP contribution in [0.2, 0.25) is 5.02 Å². The summed E-state index contributed by atoms with van der Waals surface area (Å²) in [6.45, 7) is 0. The Morgan fingerprint density at radius 1 is 1.30 bits per heavy atom. The molecule has 0 aromatic heterocycles. The van der Waals surface area contributed by atoms with Gasteiger partial charge in [0.25, 0.3) is 0 Å². The Labute approximate surface area is 125 Å². The monoisotopic (exact) mass is 299 g/mol. The summed E-state index contributed by atoms with van der Waals surface area (Å²) in [7, 11) is 3.61. The molecule has 20 heavy (non-hydrogen) atoms. The molecule has 2 nitrogen and oxygen atoms in total. The van der Waals surface area contributed by atoms with Crippen LogP contribution >= 0.6 is 11.6 Å². The lowest BCUT2D eigenvalue weighted by molar-refractivity contribution is 0.00937. The van der Waals surface area contributed by atoms with Crippen LogP contribution in [0.25, 0.3) is 0 Å². The van der Waals surface area contributed by atoms with E-state index in [1.54, 1.807) is 13.2 Å². The number of methoxy groups -OCH3 is 1. The molecule has 2 atom stereocenters. The average Bonchev–Trinajstić information content (AvgIpc) is 2.48. The topological polar surface area (TPSA) is 21.3 Å². The van der Waals surface area contributed by atoms with Gasteiger partial charge in [-0.05, 0) is 49.6 Å². The van der Waals surface area contributed by atoms with Crippen molar-refractivity contribution in [3.63, 3.8) is 0 Å². The first kappa shape index (κ1) is 15.7. The van der Waals surface area contributed by atoms with Crippen LogP contribution in [0.15, 0.2) is 18.2 Å². The standard InChI is InChI=1S/C16H23ClFNO/c1-19-15(13-10-12(18)8-9-14(13)17)16(20-2)11-6-4-3-5-7-11/h8-11,15-16,19H,3-7H2,1-2H3. The molecule has 0 saturated heterocycles. The van der Waals surface area contributed by atoms with Crippen molar-refractivity contribution in [1.29, 1.82) is 0 Å². The van der Waals surface area contributed by atoms with E-state index < -0.39 is 0 Å². The summed E-state index contributed by atoms with van der Waals surface area (Å²) in [6, 6.07) is 4.44. The predicted octanol–water partition coefficient (Wildman–Crippen LogP) is 4.33. The highest BCUT2D eigenvalue weighted by molar-refractivity contribution is 6.31. The third-order valence-corrected chi connectivity index (χ3v) is 4.66. The maximum Gasteiger partial charge on any atom is 0.123 e. The van der Waals surface area contributed by atoms with E-state index in [0.717, 1.165) is 5.56 Å². The average molecular weight is 300 g/mol. The number of halogens is 2. The van der Waals surface area contributed by atoms with E-state index in [9.17, 15) is 4.39 Å². The summed E-state index contributed by atoms with van der Waals surface area (Å²) in [5.41, 5.74) is 0.784. The molecular formula is C16H23ClFNO. The molecule has 1 N–H and O–H groups in total. The number of benzene rings is 1. The number of hydrogen-bond donors (Lipinski definition) is 1. The molecule has 112 valence electrons. The molecule has 2 unspecified atom stereocenters. The van der Waals surface area contributed by atoms with E-state index in [1.165, 1.54) is 44.2 Å². The van der Waals surface area contributed by atoms with Crippen molar-refractivity contribution < 1.29 is 9.13 Å². The lowest BCUT2D eigenvalue weighted by Gasteiger charge is -2.35. The molecule has 1 aromatic rings. The maximum absolute atomic E-state index is 13.5. The summed E-state index contributed by atoms with van der Waals surface area (Å²) in [6.07, 6.45) is 6.17. The lowest BCUT2D eigenvalue weighted by atomic mass is 9.81. The Balaban J connectivity index is 2.26. The van der Waals surface area contributed by atoms with Gasteiger partial charge in [-0.15, -0.1) is 0 Å². The summed E-state index contributed by atoms with van der Waals surface area (Å²) < 4.78 is 19.3. The molecule has 0 aliphatic heterocycles. The van der Waals surface area contributed by atoms with E-state index in [4.69, 9.17) is 16.3 Å². The SMILES string of the molecule is CNC(c1cc(F)ccc1Cl)C(OC)C1CCCCC1. The summed E-state index contributed by atoms with van der Waals surface area (Å²) in [5.74, 6) is 0.244.